The van der Waals surface area contributed by atoms with Gasteiger partial charge in [-0.3, -0.25) is 9.59 Å². The number of carbonyl (C=O) groups is 2. The highest BCUT2D eigenvalue weighted by Crippen LogP contribution is 2.34. The van der Waals surface area contributed by atoms with Gasteiger partial charge >= 0.3 is 11.9 Å². The van der Waals surface area contributed by atoms with E-state index in [0.717, 1.165) is 19.3 Å². The molecule has 134 valence electrons. The van der Waals surface area contributed by atoms with Crippen LogP contribution < -0.4 is 4.74 Å². The normalized spacial score (nSPS) is 11.2. The Bertz CT molecular complexity index is 568. The van der Waals surface area contributed by atoms with Gasteiger partial charge in [-0.1, -0.05) is 56.8 Å². The van der Waals surface area contributed by atoms with Gasteiger partial charge in [0, 0.05) is 11.1 Å². The molecule has 0 saturated carbocycles. The number of rotatable bonds is 9. The van der Waals surface area contributed by atoms with Crippen LogP contribution in [0.25, 0.3) is 0 Å². The van der Waals surface area contributed by atoms with Crippen molar-refractivity contribution < 1.29 is 19.1 Å². The zero-order chi connectivity index (χ0) is 18.2. The number of carbonyl (C=O) groups excluding carboxylic acids is 2. The molecule has 1 aromatic rings. The molecule has 0 aromatic heterocycles. The fourth-order valence-electron chi connectivity index (χ4n) is 2.32. The lowest BCUT2D eigenvalue weighted by molar-refractivity contribution is -0.168. The van der Waals surface area contributed by atoms with Crippen molar-refractivity contribution in [2.45, 2.75) is 52.9 Å². The number of ether oxygens (including phenoxy) is 2. The molecule has 4 nitrogen and oxygen atoms in total. The maximum atomic E-state index is 12.7. The van der Waals surface area contributed by atoms with Gasteiger partial charge in [-0.2, -0.15) is 0 Å². The molecule has 1 rings (SSSR count). The lowest BCUT2D eigenvalue weighted by Crippen LogP contribution is -2.42. The summed E-state index contributed by atoms with van der Waals surface area (Å²) < 4.78 is 10.7. The summed E-state index contributed by atoms with van der Waals surface area (Å²) in [6.45, 7) is 5.89. The molecule has 0 aliphatic heterocycles. The van der Waals surface area contributed by atoms with Crippen LogP contribution in [0, 0.1) is 5.41 Å². The molecule has 0 aliphatic rings. The van der Waals surface area contributed by atoms with Gasteiger partial charge in [0.15, 0.2) is 11.2 Å². The van der Waals surface area contributed by atoms with E-state index in [2.05, 4.69) is 6.92 Å². The van der Waals surface area contributed by atoms with Gasteiger partial charge in [0.25, 0.3) is 0 Å². The van der Waals surface area contributed by atoms with Gasteiger partial charge in [-0.05, 0) is 31.4 Å². The van der Waals surface area contributed by atoms with Crippen LogP contribution in [0.2, 0.25) is 10.0 Å². The number of halogens is 2. The summed E-state index contributed by atoms with van der Waals surface area (Å²) in [6.07, 6.45) is 3.35. The van der Waals surface area contributed by atoms with E-state index in [0.29, 0.717) is 11.6 Å². The minimum Gasteiger partial charge on any atom is -0.465 e. The first-order chi connectivity index (χ1) is 11.4. The summed E-state index contributed by atoms with van der Waals surface area (Å²) in [4.78, 5) is 25.2. The molecular weight excluding hydrogens is 351 g/mol. The molecule has 0 aliphatic carbocycles. The van der Waals surface area contributed by atoms with Crippen LogP contribution >= 0.6 is 23.2 Å². The number of unbranched alkanes of at least 4 members (excludes halogenated alkanes) is 2. The van der Waals surface area contributed by atoms with Crippen LogP contribution in [-0.2, 0) is 14.3 Å². The van der Waals surface area contributed by atoms with Crippen LogP contribution in [0.1, 0.15) is 52.9 Å². The summed E-state index contributed by atoms with van der Waals surface area (Å²) >= 11 is 11.9. The Morgan fingerprint density at radius 3 is 2.29 bits per heavy atom. The van der Waals surface area contributed by atoms with Crippen LogP contribution in [0.15, 0.2) is 18.2 Å². The van der Waals surface area contributed by atoms with Crippen molar-refractivity contribution in [2.75, 3.05) is 6.61 Å². The molecule has 0 fully saturated rings. The molecule has 1 aromatic carbocycles. The summed E-state index contributed by atoms with van der Waals surface area (Å²) in [6, 6.07) is 4.58. The molecule has 0 saturated heterocycles. The molecule has 24 heavy (non-hydrogen) atoms. The third-order valence-corrected chi connectivity index (χ3v) is 4.61. The van der Waals surface area contributed by atoms with Crippen molar-refractivity contribution >= 4 is 35.1 Å². The smallest absolute Gasteiger partial charge is 0.328 e. The lowest BCUT2D eigenvalue weighted by Gasteiger charge is -2.27. The quantitative estimate of drug-likeness (QED) is 0.250. The molecule has 0 heterocycles. The van der Waals surface area contributed by atoms with Gasteiger partial charge in [-0.15, -0.1) is 0 Å². The van der Waals surface area contributed by atoms with Gasteiger partial charge in [0.2, 0.25) is 0 Å². The Balaban J connectivity index is 2.90. The number of benzene rings is 1. The average Bonchev–Trinajstić information content (AvgIpc) is 2.56. The third-order valence-electron chi connectivity index (χ3n) is 4.07. The number of hydrogen-bond donors (Lipinski definition) is 0. The van der Waals surface area contributed by atoms with Gasteiger partial charge in [-0.25, -0.2) is 0 Å². The molecule has 0 atom stereocenters. The van der Waals surface area contributed by atoms with E-state index in [1.54, 1.807) is 19.9 Å². The van der Waals surface area contributed by atoms with E-state index in [1.165, 1.54) is 12.1 Å². The lowest BCUT2D eigenvalue weighted by atomic mass is 9.82. The van der Waals surface area contributed by atoms with Gasteiger partial charge in [0.1, 0.15) is 0 Å². The fourth-order valence-corrected chi connectivity index (χ4v) is 2.64. The van der Waals surface area contributed by atoms with E-state index in [4.69, 9.17) is 32.7 Å². The van der Waals surface area contributed by atoms with E-state index in [1.807, 2.05) is 0 Å². The Labute approximate surface area is 153 Å². The van der Waals surface area contributed by atoms with Crippen LogP contribution in [0.3, 0.4) is 0 Å². The first kappa shape index (κ1) is 20.8. The van der Waals surface area contributed by atoms with Crippen molar-refractivity contribution in [3.63, 3.8) is 0 Å². The summed E-state index contributed by atoms with van der Waals surface area (Å²) in [5.74, 6) is -1.08. The van der Waals surface area contributed by atoms with E-state index >= 15 is 0 Å². The fraction of sp³-hybridized carbons (Fsp3) is 0.556. The van der Waals surface area contributed by atoms with Gasteiger partial charge in [0.05, 0.1) is 11.6 Å². The minimum absolute atomic E-state index is 0.138. The zero-order valence-electron chi connectivity index (χ0n) is 14.4. The Hall–Kier alpha value is -1.26. The number of esters is 2. The molecule has 0 unspecified atom stereocenters. The first-order valence-electron chi connectivity index (χ1n) is 8.25. The van der Waals surface area contributed by atoms with E-state index in [-0.39, 0.29) is 23.6 Å². The van der Waals surface area contributed by atoms with E-state index in [9.17, 15) is 9.59 Å². The Kier molecular flexibility index (Phi) is 8.57. The predicted molar refractivity (Wildman–Crippen MR) is 95.6 cm³/mol. The van der Waals surface area contributed by atoms with Crippen LogP contribution in [0.4, 0.5) is 0 Å². The minimum atomic E-state index is -1.34. The van der Waals surface area contributed by atoms with Crippen molar-refractivity contribution in [2.24, 2.45) is 5.41 Å². The van der Waals surface area contributed by atoms with Crippen molar-refractivity contribution in [3.05, 3.63) is 28.2 Å². The zero-order valence-corrected chi connectivity index (χ0v) is 15.9. The standard InChI is InChI=1S/C18H24Cl2O4/c1-4-7-8-11-23-16(21)18(5-2,6-3)17(22)24-15-12-13(19)9-10-14(15)20/h9-10,12H,4-8,11H2,1-3H3. The second kappa shape index (κ2) is 9.90. The Morgan fingerprint density at radius 1 is 1.04 bits per heavy atom. The predicted octanol–water partition coefficient (Wildman–Crippen LogP) is 5.44. The third kappa shape index (κ3) is 5.12. The molecular formula is C18H24Cl2O4. The SMILES string of the molecule is CCCCCOC(=O)C(CC)(CC)C(=O)Oc1cc(Cl)ccc1Cl. The molecule has 0 spiro atoms. The van der Waals surface area contributed by atoms with Crippen molar-refractivity contribution in [1.82, 2.24) is 0 Å². The highest BCUT2D eigenvalue weighted by atomic mass is 35.5. The highest BCUT2D eigenvalue weighted by molar-refractivity contribution is 6.34. The van der Waals surface area contributed by atoms with Crippen molar-refractivity contribution in [1.29, 1.82) is 0 Å². The molecule has 0 radical (unpaired) electrons. The van der Waals surface area contributed by atoms with E-state index < -0.39 is 17.4 Å². The Morgan fingerprint density at radius 2 is 1.71 bits per heavy atom. The molecule has 0 N–H and O–H groups in total. The largest absolute Gasteiger partial charge is 0.465 e. The number of hydrogen-bond acceptors (Lipinski definition) is 4. The second-order valence-electron chi connectivity index (χ2n) is 5.60. The summed E-state index contributed by atoms with van der Waals surface area (Å²) in [5.41, 5.74) is -1.34. The topological polar surface area (TPSA) is 52.6 Å². The van der Waals surface area contributed by atoms with Crippen molar-refractivity contribution in [3.8, 4) is 5.75 Å². The maximum absolute atomic E-state index is 12.7. The highest BCUT2D eigenvalue weighted by Gasteiger charge is 2.46. The molecule has 6 heteroatoms. The first-order valence-corrected chi connectivity index (χ1v) is 9.01. The average molecular weight is 375 g/mol. The second-order valence-corrected chi connectivity index (χ2v) is 6.44. The van der Waals surface area contributed by atoms with Crippen LogP contribution in [0.5, 0.6) is 5.75 Å². The van der Waals surface area contributed by atoms with Crippen LogP contribution in [-0.4, -0.2) is 18.5 Å². The molecule has 0 amide bonds. The van der Waals surface area contributed by atoms with Gasteiger partial charge < -0.3 is 9.47 Å². The summed E-state index contributed by atoms with van der Waals surface area (Å²) in [5, 5.41) is 0.646. The molecule has 0 bridgehead atoms. The maximum Gasteiger partial charge on any atom is 0.328 e. The monoisotopic (exact) mass is 374 g/mol. The summed E-state index contributed by atoms with van der Waals surface area (Å²) in [7, 11) is 0.